The lowest BCUT2D eigenvalue weighted by atomic mass is 10.0. The van der Waals surface area contributed by atoms with Crippen LogP contribution in [0, 0.1) is 0 Å². The molecule has 0 saturated carbocycles. The second kappa shape index (κ2) is 65.7. The number of ether oxygens (including phenoxy) is 1. The molecule has 0 rings (SSSR count). The number of carbonyl (C=O) groups is 13. The number of amides is 7. The third-order valence-electron chi connectivity index (χ3n) is 17.2. The Morgan fingerprint density at radius 3 is 0.541 bits per heavy atom. The fraction of sp³-hybridized carbons (Fsp3) is 0.831. The zero-order chi connectivity index (χ0) is 72.4. The number of nitrogens with one attached hydrogen (secondary N) is 6. The smallest absolute Gasteiger partial charge is 0.407 e. The lowest BCUT2D eigenvalue weighted by Crippen LogP contribution is -2.33. The first-order valence-electron chi connectivity index (χ1n) is 38.8. The Hall–Kier alpha value is -5.89. The molecule has 0 aliphatic heterocycles. The van der Waals surface area contributed by atoms with Gasteiger partial charge in [0.05, 0.1) is 0 Å². The van der Waals surface area contributed by atoms with Crippen LogP contribution in [0.1, 0.15) is 367 Å². The van der Waals surface area contributed by atoms with Crippen molar-refractivity contribution in [1.82, 2.24) is 31.9 Å². The molecule has 0 aromatic rings. The minimum absolute atomic E-state index is 0.0179. The second-order valence-corrected chi connectivity index (χ2v) is 28.1. The van der Waals surface area contributed by atoms with E-state index >= 15 is 0 Å². The van der Waals surface area contributed by atoms with Gasteiger partial charge >= 0.3 is 6.09 Å². The van der Waals surface area contributed by atoms with Gasteiger partial charge in [-0.25, -0.2) is 4.79 Å². The summed E-state index contributed by atoms with van der Waals surface area (Å²) in [5.74, 6) is 1.27. The van der Waals surface area contributed by atoms with Gasteiger partial charge in [0.1, 0.15) is 40.3 Å². The topological polar surface area (TPSA) is 329 Å². The summed E-state index contributed by atoms with van der Waals surface area (Å²) >= 11 is 0. The van der Waals surface area contributed by atoms with Crippen molar-refractivity contribution in [3.63, 3.8) is 0 Å². The van der Waals surface area contributed by atoms with Crippen LogP contribution in [0.15, 0.2) is 0 Å². The number of hydrogen-bond acceptors (Lipinski definition) is 14. The molecule has 0 aromatic carbocycles. The maximum absolute atomic E-state index is 12.4. The zero-order valence-corrected chi connectivity index (χ0v) is 61.7. The Labute approximate surface area is 590 Å². The monoisotopic (exact) mass is 1380 g/mol. The van der Waals surface area contributed by atoms with Crippen molar-refractivity contribution in [3.05, 3.63) is 0 Å². The molecule has 98 heavy (non-hydrogen) atoms. The van der Waals surface area contributed by atoms with Gasteiger partial charge in [0.25, 0.3) is 0 Å². The summed E-state index contributed by atoms with van der Waals surface area (Å²) in [6, 6.07) is 0. The molecule has 0 aromatic heterocycles. The Morgan fingerprint density at radius 2 is 0.367 bits per heavy atom. The minimum Gasteiger partial charge on any atom is -0.444 e. The summed E-state index contributed by atoms with van der Waals surface area (Å²) in [6.07, 6.45) is 37.8. The van der Waals surface area contributed by atoms with Crippen molar-refractivity contribution >= 4 is 76.2 Å². The van der Waals surface area contributed by atoms with Gasteiger partial charge in [0.15, 0.2) is 0 Å². The molecule has 7 amide bonds. The number of Topliss-reactive ketones (excluding diaryl/α,β-unsaturated/α-hetero) is 6. The Bertz CT molecular complexity index is 2220. The molecular formula is C77H137N7O14. The molecule has 0 radical (unpaired) electrons. The Balaban J connectivity index is 3.56. The molecule has 0 fully saturated rings. The quantitative estimate of drug-likeness (QED) is 0.0279. The number of hydrogen-bond donors (Lipinski definition) is 7. The zero-order valence-electron chi connectivity index (χ0n) is 61.7. The van der Waals surface area contributed by atoms with Crippen LogP contribution in [-0.2, 0) is 62.3 Å². The molecule has 0 aliphatic rings. The number of nitrogens with two attached hydrogens (primary N) is 1. The summed E-state index contributed by atoms with van der Waals surface area (Å²) in [4.78, 5) is 157. The van der Waals surface area contributed by atoms with Crippen molar-refractivity contribution in [2.45, 2.75) is 373 Å². The number of alkyl carbamates (subject to hydrolysis) is 1. The van der Waals surface area contributed by atoms with Gasteiger partial charge < -0.3 is 42.4 Å². The van der Waals surface area contributed by atoms with Gasteiger partial charge in [0.2, 0.25) is 35.4 Å². The van der Waals surface area contributed by atoms with E-state index in [9.17, 15) is 62.3 Å². The Morgan fingerprint density at radius 1 is 0.214 bits per heavy atom. The van der Waals surface area contributed by atoms with E-state index in [2.05, 4.69) is 31.9 Å². The van der Waals surface area contributed by atoms with Crippen LogP contribution in [0.25, 0.3) is 0 Å². The third-order valence-corrected chi connectivity index (χ3v) is 17.2. The number of primary amides is 1. The number of carbonyl (C=O) groups excluding carboxylic acids is 13. The predicted molar refractivity (Wildman–Crippen MR) is 388 cm³/mol. The van der Waals surface area contributed by atoms with Crippen LogP contribution < -0.4 is 37.6 Å². The summed E-state index contributed by atoms with van der Waals surface area (Å²) in [5.41, 5.74) is 4.61. The molecule has 0 unspecified atom stereocenters. The van der Waals surface area contributed by atoms with Crippen LogP contribution in [0.5, 0.6) is 0 Å². The lowest BCUT2D eigenvalue weighted by Gasteiger charge is -2.19. The molecule has 21 nitrogen and oxygen atoms in total. The van der Waals surface area contributed by atoms with Crippen molar-refractivity contribution in [2.75, 3.05) is 39.3 Å². The number of unbranched alkanes of at least 4 members (excludes halogenated alkanes) is 24. The molecule has 0 spiro atoms. The molecule has 21 heteroatoms. The first kappa shape index (κ1) is 92.1. The van der Waals surface area contributed by atoms with E-state index < -0.39 is 11.7 Å². The first-order chi connectivity index (χ1) is 47.1. The molecule has 8 N–H and O–H groups in total. The lowest BCUT2D eigenvalue weighted by molar-refractivity contribution is -0.122. The fourth-order valence-corrected chi connectivity index (χ4v) is 11.3. The highest BCUT2D eigenvalue weighted by atomic mass is 16.6. The van der Waals surface area contributed by atoms with E-state index in [0.29, 0.717) is 155 Å². The number of rotatable bonds is 72. The van der Waals surface area contributed by atoms with Crippen LogP contribution in [0.3, 0.4) is 0 Å². The van der Waals surface area contributed by atoms with E-state index in [0.717, 1.165) is 231 Å². The highest BCUT2D eigenvalue weighted by Crippen LogP contribution is 2.16. The molecule has 0 atom stereocenters. The first-order valence-corrected chi connectivity index (χ1v) is 38.8. The van der Waals surface area contributed by atoms with Crippen molar-refractivity contribution in [1.29, 1.82) is 0 Å². The minimum atomic E-state index is -0.524. The maximum atomic E-state index is 12.4. The normalized spacial score (nSPS) is 11.2. The van der Waals surface area contributed by atoms with E-state index in [4.69, 9.17) is 10.5 Å². The molecule has 0 aliphatic carbocycles. The average molecular weight is 1380 g/mol. The standard InChI is InChI=1S/C77H137N7O14/c1-77(2,3)98-76(97)84-63-39-15-33-57-75(96)83-62-38-14-32-56-74(95)82-61-37-13-31-55-73(94)81-60-36-12-30-54-72(93)80-59-35-11-27-51-69(90)47-23-7-21-45-67(88)49-25-9-29-53-71(92)79-58-34-10-26-50-68(89)46-22-6-19-43-65(86)41-17-4-16-40-64(85)42-18-5-20-44-66(87)48-24-8-28-52-70(78)91/h4-63H2,1-3H3,(H2,78,91)(H,79,92)(H,80,93)(H,81,94)(H,82,95)(H,83,96)(H,84,97). The molecule has 0 heterocycles. The van der Waals surface area contributed by atoms with Crippen molar-refractivity contribution < 1.29 is 67.1 Å². The third kappa shape index (κ3) is 70.0. The van der Waals surface area contributed by atoms with Crippen LogP contribution in [0.4, 0.5) is 4.79 Å². The fourth-order valence-electron chi connectivity index (χ4n) is 11.3. The van der Waals surface area contributed by atoms with Gasteiger partial charge in [-0.1, -0.05) is 77.0 Å². The van der Waals surface area contributed by atoms with Crippen LogP contribution in [-0.4, -0.2) is 121 Å². The van der Waals surface area contributed by atoms with E-state index in [1.165, 1.54) is 0 Å². The van der Waals surface area contributed by atoms with Crippen molar-refractivity contribution in [2.24, 2.45) is 5.73 Å². The van der Waals surface area contributed by atoms with Gasteiger partial charge in [-0.05, 0) is 175 Å². The summed E-state index contributed by atoms with van der Waals surface area (Å²) in [5, 5.41) is 17.5. The van der Waals surface area contributed by atoms with Gasteiger partial charge in [-0.15, -0.1) is 0 Å². The predicted octanol–water partition coefficient (Wildman–Crippen LogP) is 14.1. The van der Waals surface area contributed by atoms with Gasteiger partial charge in [-0.3, -0.25) is 57.5 Å². The molecular weight excluding hydrogens is 1250 g/mol. The number of ketones is 6. The molecule has 0 saturated heterocycles. The van der Waals surface area contributed by atoms with E-state index in [1.807, 2.05) is 20.8 Å². The summed E-state index contributed by atoms with van der Waals surface area (Å²) in [7, 11) is 0. The van der Waals surface area contributed by atoms with Gasteiger partial charge in [0, 0.05) is 155 Å². The van der Waals surface area contributed by atoms with E-state index in [-0.39, 0.29) is 70.1 Å². The molecule has 0 bridgehead atoms. The van der Waals surface area contributed by atoms with E-state index in [1.54, 1.807) is 0 Å². The van der Waals surface area contributed by atoms with Crippen molar-refractivity contribution in [3.8, 4) is 0 Å². The second-order valence-electron chi connectivity index (χ2n) is 28.1. The summed E-state index contributed by atoms with van der Waals surface area (Å²) < 4.78 is 5.20. The SMILES string of the molecule is CC(C)(C)OC(=O)NCCCCCC(=O)NCCCCCC(=O)NCCCCCC(=O)NCCCCCC(=O)NCCCCCC(=O)CCCCCC(=O)CCCCCC(=O)NCCCCCC(=O)CCCCCC(=O)CCCCCC(=O)CCCCCC(=O)CCCCCC(N)=O. The summed E-state index contributed by atoms with van der Waals surface area (Å²) in [6.45, 7) is 8.92. The van der Waals surface area contributed by atoms with Crippen LogP contribution in [0.2, 0.25) is 0 Å². The highest BCUT2D eigenvalue weighted by Gasteiger charge is 2.16. The maximum Gasteiger partial charge on any atom is 0.407 e. The molecule has 564 valence electrons. The highest BCUT2D eigenvalue weighted by molar-refractivity contribution is 5.81. The van der Waals surface area contributed by atoms with Crippen LogP contribution >= 0.6 is 0 Å². The average Bonchev–Trinajstić information content (AvgIpc) is 2.57. The van der Waals surface area contributed by atoms with Gasteiger partial charge in [-0.2, -0.15) is 0 Å². The Kier molecular flexibility index (Phi) is 61.8. The largest absolute Gasteiger partial charge is 0.444 e.